The molecular weight excluding hydrogens is 415 g/mol. The van der Waals surface area contributed by atoms with E-state index in [0.717, 1.165) is 16.7 Å². The quantitative estimate of drug-likeness (QED) is 0.531. The van der Waals surface area contributed by atoms with Gasteiger partial charge in [0.1, 0.15) is 5.82 Å². The Morgan fingerprint density at radius 2 is 1.55 bits per heavy atom. The van der Waals surface area contributed by atoms with Crippen LogP contribution < -0.4 is 10.0 Å². The number of benzene rings is 3. The van der Waals surface area contributed by atoms with Crippen molar-refractivity contribution >= 4 is 21.6 Å². The van der Waals surface area contributed by atoms with Crippen LogP contribution in [0.1, 0.15) is 36.1 Å². The maximum absolute atomic E-state index is 13.0. The van der Waals surface area contributed by atoms with Crippen LogP contribution in [0.25, 0.3) is 0 Å². The molecule has 162 valence electrons. The number of sulfonamides is 1. The minimum atomic E-state index is -3.68. The Morgan fingerprint density at radius 1 is 0.935 bits per heavy atom. The molecule has 0 heterocycles. The highest BCUT2D eigenvalue weighted by Gasteiger charge is 2.14. The molecule has 0 aliphatic rings. The Bertz CT molecular complexity index is 1130. The van der Waals surface area contributed by atoms with Gasteiger partial charge in [-0.25, -0.2) is 12.8 Å². The van der Waals surface area contributed by atoms with Crippen molar-refractivity contribution in [2.24, 2.45) is 0 Å². The second kappa shape index (κ2) is 9.75. The molecule has 1 atom stereocenters. The Hall–Kier alpha value is -3.19. The average molecular weight is 441 g/mol. The van der Waals surface area contributed by atoms with Crippen molar-refractivity contribution < 1.29 is 17.6 Å². The van der Waals surface area contributed by atoms with E-state index in [-0.39, 0.29) is 29.1 Å². The SMILES string of the molecule is Cc1ccc(NS(=O)(=O)c2ccc(CCC(=O)NC(C)c3ccc(F)cc3)cc2)cc1. The molecule has 0 fully saturated rings. The summed E-state index contributed by atoms with van der Waals surface area (Å²) < 4.78 is 40.7. The van der Waals surface area contributed by atoms with Crippen LogP contribution in [0.3, 0.4) is 0 Å². The zero-order chi connectivity index (χ0) is 22.4. The van der Waals surface area contributed by atoms with Gasteiger partial charge in [0.2, 0.25) is 5.91 Å². The smallest absolute Gasteiger partial charge is 0.261 e. The molecule has 2 N–H and O–H groups in total. The second-order valence-corrected chi connectivity index (χ2v) is 9.14. The molecule has 31 heavy (non-hydrogen) atoms. The van der Waals surface area contributed by atoms with E-state index < -0.39 is 10.0 Å². The summed E-state index contributed by atoms with van der Waals surface area (Å²) in [5.41, 5.74) is 3.23. The van der Waals surface area contributed by atoms with Crippen LogP contribution in [0.15, 0.2) is 77.7 Å². The Kier molecular flexibility index (Phi) is 7.07. The number of carbonyl (C=O) groups excluding carboxylic acids is 1. The lowest BCUT2D eigenvalue weighted by atomic mass is 10.1. The number of hydrogen-bond acceptors (Lipinski definition) is 3. The van der Waals surface area contributed by atoms with Crippen LogP contribution in [0, 0.1) is 12.7 Å². The van der Waals surface area contributed by atoms with Crippen LogP contribution >= 0.6 is 0 Å². The van der Waals surface area contributed by atoms with Crippen molar-refractivity contribution in [1.82, 2.24) is 5.32 Å². The zero-order valence-corrected chi connectivity index (χ0v) is 18.2. The summed E-state index contributed by atoms with van der Waals surface area (Å²) in [6.07, 6.45) is 0.743. The number of hydrogen-bond donors (Lipinski definition) is 2. The van der Waals surface area contributed by atoms with Gasteiger partial charge in [0.05, 0.1) is 10.9 Å². The molecule has 5 nitrogen and oxygen atoms in total. The van der Waals surface area contributed by atoms with Crippen molar-refractivity contribution in [3.05, 3.63) is 95.3 Å². The van der Waals surface area contributed by atoms with Crippen molar-refractivity contribution in [2.45, 2.75) is 37.6 Å². The molecule has 0 radical (unpaired) electrons. The third-order valence-corrected chi connectivity index (χ3v) is 6.32. The first-order valence-corrected chi connectivity index (χ1v) is 11.4. The summed E-state index contributed by atoms with van der Waals surface area (Å²) in [6.45, 7) is 3.77. The molecular formula is C24H25FN2O3S. The lowest BCUT2D eigenvalue weighted by Gasteiger charge is -2.14. The third-order valence-electron chi connectivity index (χ3n) is 4.93. The summed E-state index contributed by atoms with van der Waals surface area (Å²) in [5, 5.41) is 2.89. The summed E-state index contributed by atoms with van der Waals surface area (Å²) in [4.78, 5) is 12.4. The van der Waals surface area contributed by atoms with Crippen molar-refractivity contribution in [2.75, 3.05) is 4.72 Å². The van der Waals surface area contributed by atoms with Crippen LogP contribution in [0.4, 0.5) is 10.1 Å². The first-order chi connectivity index (χ1) is 14.7. The van der Waals surface area contributed by atoms with E-state index in [9.17, 15) is 17.6 Å². The predicted molar refractivity (Wildman–Crippen MR) is 120 cm³/mol. The van der Waals surface area contributed by atoms with E-state index in [1.165, 1.54) is 24.3 Å². The number of aryl methyl sites for hydroxylation is 2. The van der Waals surface area contributed by atoms with Crippen molar-refractivity contribution in [3.8, 4) is 0 Å². The van der Waals surface area contributed by atoms with E-state index in [2.05, 4.69) is 10.0 Å². The molecule has 3 aromatic carbocycles. The van der Waals surface area contributed by atoms with Gasteiger partial charge in [-0.15, -0.1) is 0 Å². The fourth-order valence-corrected chi connectivity index (χ4v) is 4.14. The van der Waals surface area contributed by atoms with Gasteiger partial charge in [-0.3, -0.25) is 9.52 Å². The molecule has 1 unspecified atom stereocenters. The average Bonchev–Trinajstić information content (AvgIpc) is 2.74. The van der Waals surface area contributed by atoms with Crippen LogP contribution in [-0.4, -0.2) is 14.3 Å². The van der Waals surface area contributed by atoms with Gasteiger partial charge in [0.15, 0.2) is 0 Å². The Labute approximate surface area is 182 Å². The van der Waals surface area contributed by atoms with Gasteiger partial charge in [-0.1, -0.05) is 42.0 Å². The van der Waals surface area contributed by atoms with Gasteiger partial charge in [0.25, 0.3) is 10.0 Å². The normalized spacial score (nSPS) is 12.2. The molecule has 0 saturated carbocycles. The van der Waals surface area contributed by atoms with Crippen molar-refractivity contribution in [1.29, 1.82) is 0 Å². The molecule has 0 saturated heterocycles. The van der Waals surface area contributed by atoms with E-state index >= 15 is 0 Å². The zero-order valence-electron chi connectivity index (χ0n) is 17.4. The number of nitrogens with one attached hydrogen (secondary N) is 2. The molecule has 1 amide bonds. The van der Waals surface area contributed by atoms with Gasteiger partial charge in [0, 0.05) is 12.1 Å². The predicted octanol–water partition coefficient (Wildman–Crippen LogP) is 4.74. The minimum Gasteiger partial charge on any atom is -0.350 e. The van der Waals surface area contributed by atoms with Crippen LogP contribution in [0.2, 0.25) is 0 Å². The van der Waals surface area contributed by atoms with Crippen LogP contribution in [0.5, 0.6) is 0 Å². The molecule has 0 aliphatic carbocycles. The number of amides is 1. The molecule has 0 bridgehead atoms. The lowest BCUT2D eigenvalue weighted by molar-refractivity contribution is -0.121. The first kappa shape index (κ1) is 22.5. The molecule has 3 aromatic rings. The molecule has 7 heteroatoms. The van der Waals surface area contributed by atoms with Crippen molar-refractivity contribution in [3.63, 3.8) is 0 Å². The molecule has 0 spiro atoms. The summed E-state index contributed by atoms with van der Waals surface area (Å²) in [6, 6.07) is 19.4. The van der Waals surface area contributed by atoms with Gasteiger partial charge in [-0.2, -0.15) is 0 Å². The standard InChI is InChI=1S/C24H25FN2O3S/c1-17-3-12-22(13-4-17)27-31(29,30)23-14-5-19(6-15-23)7-16-24(28)26-18(2)20-8-10-21(25)11-9-20/h3-6,8-15,18,27H,7,16H2,1-2H3,(H,26,28). The van der Waals surface area contributed by atoms with E-state index in [1.54, 1.807) is 36.4 Å². The number of anilines is 1. The third kappa shape index (κ3) is 6.39. The Balaban J connectivity index is 1.54. The second-order valence-electron chi connectivity index (χ2n) is 7.46. The van der Waals surface area contributed by atoms with Gasteiger partial charge in [-0.05, 0) is 67.8 Å². The summed E-state index contributed by atoms with van der Waals surface area (Å²) in [5.74, 6) is -0.448. The fourth-order valence-electron chi connectivity index (χ4n) is 3.08. The highest BCUT2D eigenvalue weighted by Crippen LogP contribution is 2.18. The first-order valence-electron chi connectivity index (χ1n) is 9.96. The summed E-state index contributed by atoms with van der Waals surface area (Å²) >= 11 is 0. The number of carbonyl (C=O) groups is 1. The van der Waals surface area contributed by atoms with Crippen LogP contribution in [-0.2, 0) is 21.2 Å². The number of halogens is 1. The minimum absolute atomic E-state index is 0.130. The number of rotatable bonds is 8. The molecule has 0 aromatic heterocycles. The topological polar surface area (TPSA) is 75.3 Å². The van der Waals surface area contributed by atoms with Gasteiger partial charge < -0.3 is 5.32 Å². The Morgan fingerprint density at radius 3 is 2.16 bits per heavy atom. The maximum Gasteiger partial charge on any atom is 0.261 e. The monoisotopic (exact) mass is 440 g/mol. The maximum atomic E-state index is 13.0. The van der Waals surface area contributed by atoms with E-state index in [4.69, 9.17) is 0 Å². The lowest BCUT2D eigenvalue weighted by Crippen LogP contribution is -2.26. The molecule has 0 aliphatic heterocycles. The summed E-state index contributed by atoms with van der Waals surface area (Å²) in [7, 11) is -3.68. The van der Waals surface area contributed by atoms with E-state index in [1.807, 2.05) is 26.0 Å². The highest BCUT2D eigenvalue weighted by atomic mass is 32.2. The molecule has 3 rings (SSSR count). The van der Waals surface area contributed by atoms with E-state index in [0.29, 0.717) is 12.1 Å². The largest absolute Gasteiger partial charge is 0.350 e. The highest BCUT2D eigenvalue weighted by molar-refractivity contribution is 7.92. The fraction of sp³-hybridized carbons (Fsp3) is 0.208. The van der Waals surface area contributed by atoms with Gasteiger partial charge >= 0.3 is 0 Å².